The summed E-state index contributed by atoms with van der Waals surface area (Å²) in [5, 5.41) is 8.28. The van der Waals surface area contributed by atoms with Gasteiger partial charge in [-0.2, -0.15) is 5.10 Å². The largest absolute Gasteiger partial charge is 0.337 e. The Kier molecular flexibility index (Phi) is 1.77. The highest BCUT2D eigenvalue weighted by Crippen LogP contribution is 2.25. The molecule has 18 heavy (non-hydrogen) atoms. The van der Waals surface area contributed by atoms with E-state index in [0.717, 1.165) is 33.5 Å². The minimum Gasteiger partial charge on any atom is -0.337 e. The van der Waals surface area contributed by atoms with Crippen LogP contribution in [0, 0.1) is 0 Å². The molecule has 0 amide bonds. The molecule has 0 unspecified atom stereocenters. The average molecular weight is 235 g/mol. The number of rotatable bonds is 1. The molecular weight excluding hydrogens is 226 g/mol. The van der Waals surface area contributed by atoms with E-state index in [4.69, 9.17) is 0 Å². The average Bonchev–Trinajstić information content (AvgIpc) is 3.02. The van der Waals surface area contributed by atoms with Crippen molar-refractivity contribution < 1.29 is 0 Å². The third-order valence-corrected chi connectivity index (χ3v) is 2.98. The molecule has 86 valence electrons. The second-order valence-corrected chi connectivity index (χ2v) is 4.10. The summed E-state index contributed by atoms with van der Waals surface area (Å²) >= 11 is 0. The van der Waals surface area contributed by atoms with Crippen LogP contribution < -0.4 is 0 Å². The van der Waals surface area contributed by atoms with Crippen LogP contribution in [0.4, 0.5) is 0 Å². The Labute approximate surface area is 102 Å². The molecule has 0 aliphatic carbocycles. The lowest BCUT2D eigenvalue weighted by Gasteiger charge is -1.90. The second kappa shape index (κ2) is 3.40. The number of hydrogen-bond acceptors (Lipinski definition) is 3. The summed E-state index contributed by atoms with van der Waals surface area (Å²) in [4.78, 5) is 11.9. The van der Waals surface area contributed by atoms with E-state index in [9.17, 15) is 0 Å². The van der Waals surface area contributed by atoms with E-state index in [0.29, 0.717) is 0 Å². The van der Waals surface area contributed by atoms with Gasteiger partial charge in [-0.15, -0.1) is 0 Å². The second-order valence-electron chi connectivity index (χ2n) is 4.10. The number of pyridine rings is 1. The van der Waals surface area contributed by atoms with Gasteiger partial charge in [-0.3, -0.25) is 10.1 Å². The van der Waals surface area contributed by atoms with Crippen molar-refractivity contribution in [2.75, 3.05) is 0 Å². The topological polar surface area (TPSA) is 70.2 Å². The monoisotopic (exact) mass is 235 g/mol. The van der Waals surface area contributed by atoms with Crippen molar-refractivity contribution in [2.24, 2.45) is 0 Å². The van der Waals surface area contributed by atoms with Crippen LogP contribution in [-0.4, -0.2) is 25.1 Å². The Bertz CT molecular complexity index is 809. The zero-order chi connectivity index (χ0) is 11.9. The van der Waals surface area contributed by atoms with Gasteiger partial charge in [-0.1, -0.05) is 12.1 Å². The molecule has 3 heterocycles. The van der Waals surface area contributed by atoms with Gasteiger partial charge in [0, 0.05) is 11.6 Å². The fourth-order valence-corrected chi connectivity index (χ4v) is 2.11. The number of aromatic amines is 2. The number of nitrogens with zero attached hydrogens (tertiary/aromatic N) is 3. The molecule has 0 fully saturated rings. The number of imidazole rings is 1. The molecule has 0 saturated heterocycles. The van der Waals surface area contributed by atoms with Crippen molar-refractivity contribution >= 4 is 21.9 Å². The Morgan fingerprint density at radius 3 is 2.89 bits per heavy atom. The molecule has 0 saturated carbocycles. The van der Waals surface area contributed by atoms with Crippen molar-refractivity contribution in [1.29, 1.82) is 0 Å². The number of benzene rings is 1. The van der Waals surface area contributed by atoms with Crippen LogP contribution in [0.2, 0.25) is 0 Å². The van der Waals surface area contributed by atoms with Gasteiger partial charge in [0.1, 0.15) is 5.69 Å². The quantitative estimate of drug-likeness (QED) is 0.532. The molecule has 1 aromatic carbocycles. The summed E-state index contributed by atoms with van der Waals surface area (Å²) in [6, 6.07) is 9.87. The Hall–Kier alpha value is -2.69. The summed E-state index contributed by atoms with van der Waals surface area (Å²) in [7, 11) is 0. The van der Waals surface area contributed by atoms with Gasteiger partial charge in [-0.25, -0.2) is 4.98 Å². The lowest BCUT2D eigenvalue weighted by molar-refractivity contribution is 1.10. The normalized spacial score (nSPS) is 11.3. The molecule has 5 heteroatoms. The van der Waals surface area contributed by atoms with Crippen LogP contribution in [0.3, 0.4) is 0 Å². The van der Waals surface area contributed by atoms with E-state index in [2.05, 4.69) is 25.1 Å². The van der Waals surface area contributed by atoms with Gasteiger partial charge in [0.2, 0.25) is 0 Å². The maximum Gasteiger partial charge on any atom is 0.159 e. The minimum absolute atomic E-state index is 0.772. The number of hydrogen-bond donors (Lipinski definition) is 2. The molecule has 0 aliphatic rings. The van der Waals surface area contributed by atoms with Crippen molar-refractivity contribution in [3.63, 3.8) is 0 Å². The molecule has 0 aliphatic heterocycles. The summed E-state index contributed by atoms with van der Waals surface area (Å²) in [5.74, 6) is 0.772. The lowest BCUT2D eigenvalue weighted by Crippen LogP contribution is -1.81. The number of aromatic nitrogens is 5. The molecule has 5 nitrogen and oxygen atoms in total. The van der Waals surface area contributed by atoms with Gasteiger partial charge in [0.05, 0.1) is 22.7 Å². The SMILES string of the molecule is c1ccc2[nH]c(-c3n[nH]c4cnccc34)nc2c1. The Morgan fingerprint density at radius 1 is 1.00 bits per heavy atom. The van der Waals surface area contributed by atoms with E-state index in [1.165, 1.54) is 0 Å². The fraction of sp³-hybridized carbons (Fsp3) is 0. The van der Waals surface area contributed by atoms with Crippen LogP contribution in [0.25, 0.3) is 33.5 Å². The zero-order valence-corrected chi connectivity index (χ0v) is 9.38. The van der Waals surface area contributed by atoms with Gasteiger partial charge >= 0.3 is 0 Å². The molecule has 0 atom stereocenters. The first-order chi connectivity index (χ1) is 8.92. The van der Waals surface area contributed by atoms with Crippen molar-refractivity contribution in [2.45, 2.75) is 0 Å². The number of fused-ring (bicyclic) bond motifs is 2. The smallest absolute Gasteiger partial charge is 0.159 e. The maximum atomic E-state index is 4.55. The van der Waals surface area contributed by atoms with E-state index in [1.54, 1.807) is 12.4 Å². The molecule has 2 N–H and O–H groups in total. The maximum absolute atomic E-state index is 4.55. The van der Waals surface area contributed by atoms with Gasteiger partial charge in [0.25, 0.3) is 0 Å². The number of H-pyrrole nitrogens is 2. The molecular formula is C13H9N5. The van der Waals surface area contributed by atoms with Crippen LogP contribution in [0.15, 0.2) is 42.7 Å². The number of nitrogens with one attached hydrogen (secondary N) is 2. The highest BCUT2D eigenvalue weighted by molar-refractivity contribution is 5.92. The Balaban J connectivity index is 2.01. The first-order valence-corrected chi connectivity index (χ1v) is 5.65. The predicted octanol–water partition coefficient (Wildman–Crippen LogP) is 2.50. The van der Waals surface area contributed by atoms with Crippen LogP contribution in [-0.2, 0) is 0 Å². The fourth-order valence-electron chi connectivity index (χ4n) is 2.11. The highest BCUT2D eigenvalue weighted by Gasteiger charge is 2.11. The van der Waals surface area contributed by atoms with E-state index in [1.807, 2.05) is 30.3 Å². The zero-order valence-electron chi connectivity index (χ0n) is 9.38. The summed E-state index contributed by atoms with van der Waals surface area (Å²) < 4.78 is 0. The van der Waals surface area contributed by atoms with E-state index >= 15 is 0 Å². The van der Waals surface area contributed by atoms with Gasteiger partial charge in [0.15, 0.2) is 5.82 Å². The standard InChI is InChI=1S/C13H9N5/c1-2-4-10-9(3-1)15-13(16-10)12-8-5-6-14-7-11(8)17-18-12/h1-7H,(H,15,16)(H,17,18). The predicted molar refractivity (Wildman–Crippen MR) is 69.0 cm³/mol. The highest BCUT2D eigenvalue weighted by atomic mass is 15.1. The molecule has 0 radical (unpaired) electrons. The van der Waals surface area contributed by atoms with Crippen LogP contribution >= 0.6 is 0 Å². The molecule has 0 bridgehead atoms. The lowest BCUT2D eigenvalue weighted by atomic mass is 10.2. The van der Waals surface area contributed by atoms with Gasteiger partial charge < -0.3 is 4.98 Å². The van der Waals surface area contributed by atoms with Crippen molar-refractivity contribution in [3.8, 4) is 11.5 Å². The summed E-state index contributed by atoms with van der Waals surface area (Å²) in [5.41, 5.74) is 3.69. The molecule has 4 aromatic rings. The van der Waals surface area contributed by atoms with Crippen molar-refractivity contribution in [3.05, 3.63) is 42.7 Å². The van der Waals surface area contributed by atoms with Crippen LogP contribution in [0.5, 0.6) is 0 Å². The summed E-state index contributed by atoms with van der Waals surface area (Å²) in [6.45, 7) is 0. The number of para-hydroxylation sites is 2. The first-order valence-electron chi connectivity index (χ1n) is 5.65. The third-order valence-electron chi connectivity index (χ3n) is 2.98. The molecule has 3 aromatic heterocycles. The summed E-state index contributed by atoms with van der Waals surface area (Å²) in [6.07, 6.45) is 3.51. The van der Waals surface area contributed by atoms with E-state index in [-0.39, 0.29) is 0 Å². The van der Waals surface area contributed by atoms with Crippen LogP contribution in [0.1, 0.15) is 0 Å². The molecule has 4 rings (SSSR count). The first kappa shape index (κ1) is 9.35. The third kappa shape index (κ3) is 1.24. The van der Waals surface area contributed by atoms with Gasteiger partial charge in [-0.05, 0) is 18.2 Å². The Morgan fingerprint density at radius 2 is 1.94 bits per heavy atom. The molecule has 0 spiro atoms. The minimum atomic E-state index is 0.772. The van der Waals surface area contributed by atoms with Crippen molar-refractivity contribution in [1.82, 2.24) is 25.1 Å². The van der Waals surface area contributed by atoms with E-state index < -0.39 is 0 Å².